The summed E-state index contributed by atoms with van der Waals surface area (Å²) < 4.78 is 15.9. The quantitative estimate of drug-likeness (QED) is 0.679. The first kappa shape index (κ1) is 19.2. The third kappa shape index (κ3) is 4.03. The molecular weight excluding hydrogens is 358 g/mol. The molecule has 1 amide bonds. The Hall–Kier alpha value is -3.61. The molecule has 0 spiro atoms. The molecule has 3 aromatic rings. The lowest BCUT2D eigenvalue weighted by atomic mass is 10.1. The number of nitrogens with one attached hydrogen (secondary N) is 1. The molecule has 2 heterocycles. The summed E-state index contributed by atoms with van der Waals surface area (Å²) in [5.74, 6) is 0.907. The minimum absolute atomic E-state index is 0.283. The maximum absolute atomic E-state index is 12.6. The van der Waals surface area contributed by atoms with Gasteiger partial charge in [-0.05, 0) is 35.9 Å². The summed E-state index contributed by atoms with van der Waals surface area (Å²) >= 11 is 0. The van der Waals surface area contributed by atoms with Crippen LogP contribution < -0.4 is 19.5 Å². The summed E-state index contributed by atoms with van der Waals surface area (Å²) in [6, 6.07) is 10.9. The smallest absolute Gasteiger partial charge is 0.255 e. The van der Waals surface area contributed by atoms with Gasteiger partial charge in [0.15, 0.2) is 11.5 Å². The molecule has 0 saturated heterocycles. The van der Waals surface area contributed by atoms with Gasteiger partial charge in [0.05, 0.1) is 32.6 Å². The van der Waals surface area contributed by atoms with E-state index in [1.807, 2.05) is 24.3 Å². The summed E-state index contributed by atoms with van der Waals surface area (Å²) in [7, 11) is 4.51. The normalized spacial score (nSPS) is 10.2. The molecule has 2 aromatic heterocycles. The summed E-state index contributed by atoms with van der Waals surface area (Å²) in [6.45, 7) is 0.330. The number of nitrogens with zero attached hydrogens (tertiary/aromatic N) is 2. The lowest BCUT2D eigenvalue weighted by Gasteiger charge is -2.15. The number of benzene rings is 1. The van der Waals surface area contributed by atoms with Crippen LogP contribution in [0.15, 0.2) is 55.0 Å². The summed E-state index contributed by atoms with van der Waals surface area (Å²) in [5, 5.41) is 2.87. The van der Waals surface area contributed by atoms with E-state index in [2.05, 4.69) is 15.3 Å². The zero-order valence-corrected chi connectivity index (χ0v) is 15.9. The number of rotatable bonds is 7. The van der Waals surface area contributed by atoms with Crippen molar-refractivity contribution in [1.29, 1.82) is 0 Å². The minimum Gasteiger partial charge on any atom is -0.493 e. The first-order chi connectivity index (χ1) is 13.7. The van der Waals surface area contributed by atoms with Crippen molar-refractivity contribution in [2.24, 2.45) is 0 Å². The molecule has 0 aliphatic rings. The van der Waals surface area contributed by atoms with E-state index in [1.165, 1.54) is 21.3 Å². The van der Waals surface area contributed by atoms with Crippen molar-refractivity contribution in [2.45, 2.75) is 6.54 Å². The topological polar surface area (TPSA) is 82.6 Å². The van der Waals surface area contributed by atoms with Crippen LogP contribution in [0, 0.1) is 0 Å². The number of methoxy groups -OCH3 is 3. The number of carbonyl (C=O) groups is 1. The van der Waals surface area contributed by atoms with Crippen LogP contribution in [0.5, 0.6) is 17.2 Å². The van der Waals surface area contributed by atoms with Gasteiger partial charge in [-0.3, -0.25) is 14.8 Å². The van der Waals surface area contributed by atoms with Gasteiger partial charge < -0.3 is 19.5 Å². The Morgan fingerprint density at radius 1 is 0.964 bits per heavy atom. The van der Waals surface area contributed by atoms with Crippen LogP contribution in [0.1, 0.15) is 15.9 Å². The van der Waals surface area contributed by atoms with E-state index in [-0.39, 0.29) is 5.91 Å². The molecule has 7 nitrogen and oxygen atoms in total. The molecule has 0 radical (unpaired) electrons. The van der Waals surface area contributed by atoms with Crippen molar-refractivity contribution in [1.82, 2.24) is 15.3 Å². The number of hydrogen-bond donors (Lipinski definition) is 1. The Kier molecular flexibility index (Phi) is 6.06. The lowest BCUT2D eigenvalue weighted by molar-refractivity contribution is 0.0947. The molecule has 0 aliphatic carbocycles. The molecule has 0 aliphatic heterocycles. The SMILES string of the molecule is COc1ccc(C(=O)NCc2ccc(-c3cccnc3)nc2)c(OC)c1OC. The first-order valence-corrected chi connectivity index (χ1v) is 8.60. The lowest BCUT2D eigenvalue weighted by Crippen LogP contribution is -2.23. The van der Waals surface area contributed by atoms with Crippen molar-refractivity contribution in [3.8, 4) is 28.5 Å². The Morgan fingerprint density at radius 2 is 1.79 bits per heavy atom. The number of pyridine rings is 2. The Labute approximate surface area is 163 Å². The Morgan fingerprint density at radius 3 is 2.39 bits per heavy atom. The first-order valence-electron chi connectivity index (χ1n) is 8.60. The standard InChI is InChI=1S/C21H21N3O4/c1-26-18-9-7-16(19(27-2)20(18)28-3)21(25)24-12-14-6-8-17(23-11-14)15-5-4-10-22-13-15/h4-11,13H,12H2,1-3H3,(H,24,25). The van der Waals surface area contributed by atoms with Gasteiger partial charge >= 0.3 is 0 Å². The zero-order chi connectivity index (χ0) is 19.9. The second kappa shape index (κ2) is 8.85. The molecule has 1 N–H and O–H groups in total. The van der Waals surface area contributed by atoms with Gasteiger partial charge in [0, 0.05) is 30.7 Å². The van der Waals surface area contributed by atoms with Gasteiger partial charge in [-0.1, -0.05) is 6.07 Å². The van der Waals surface area contributed by atoms with E-state index in [9.17, 15) is 4.79 Å². The van der Waals surface area contributed by atoms with Crippen LogP contribution in [0.25, 0.3) is 11.3 Å². The third-order valence-corrected chi connectivity index (χ3v) is 4.18. The molecule has 7 heteroatoms. The summed E-state index contributed by atoms with van der Waals surface area (Å²) in [5.41, 5.74) is 3.00. The zero-order valence-electron chi connectivity index (χ0n) is 15.9. The highest BCUT2D eigenvalue weighted by atomic mass is 16.5. The van der Waals surface area contributed by atoms with Gasteiger partial charge in [0.2, 0.25) is 5.75 Å². The molecule has 0 bridgehead atoms. The van der Waals surface area contributed by atoms with Crippen LogP contribution in [0.2, 0.25) is 0 Å². The Bertz CT molecular complexity index is 944. The monoisotopic (exact) mass is 379 g/mol. The summed E-state index contributed by atoms with van der Waals surface area (Å²) in [4.78, 5) is 21.2. The highest BCUT2D eigenvalue weighted by Gasteiger charge is 2.20. The van der Waals surface area contributed by atoms with Crippen molar-refractivity contribution >= 4 is 5.91 Å². The maximum Gasteiger partial charge on any atom is 0.255 e. The van der Waals surface area contributed by atoms with E-state index in [4.69, 9.17) is 14.2 Å². The number of amides is 1. The molecule has 0 fully saturated rings. The predicted molar refractivity (Wildman–Crippen MR) is 105 cm³/mol. The molecular formula is C21H21N3O4. The molecule has 0 atom stereocenters. The van der Waals surface area contributed by atoms with Crippen molar-refractivity contribution in [3.63, 3.8) is 0 Å². The molecule has 144 valence electrons. The predicted octanol–water partition coefficient (Wildman–Crippen LogP) is 3.10. The minimum atomic E-state index is -0.283. The van der Waals surface area contributed by atoms with Crippen LogP contribution in [0.3, 0.4) is 0 Å². The van der Waals surface area contributed by atoms with Gasteiger partial charge in [0.25, 0.3) is 5.91 Å². The number of ether oxygens (including phenoxy) is 3. The van der Waals surface area contributed by atoms with Crippen molar-refractivity contribution in [3.05, 3.63) is 66.1 Å². The highest BCUT2D eigenvalue weighted by molar-refractivity contribution is 5.98. The summed E-state index contributed by atoms with van der Waals surface area (Å²) in [6.07, 6.45) is 5.21. The fourth-order valence-electron chi connectivity index (χ4n) is 2.77. The highest BCUT2D eigenvalue weighted by Crippen LogP contribution is 2.39. The van der Waals surface area contributed by atoms with Crippen LogP contribution in [-0.2, 0) is 6.54 Å². The Balaban J connectivity index is 1.72. The van der Waals surface area contributed by atoms with Crippen LogP contribution in [-0.4, -0.2) is 37.2 Å². The fraction of sp³-hybridized carbons (Fsp3) is 0.190. The van der Waals surface area contributed by atoms with Crippen LogP contribution >= 0.6 is 0 Å². The van der Waals surface area contributed by atoms with Gasteiger partial charge in [-0.25, -0.2) is 0 Å². The van der Waals surface area contributed by atoms with Crippen molar-refractivity contribution < 1.29 is 19.0 Å². The molecule has 3 rings (SSSR count). The van der Waals surface area contributed by atoms with Crippen molar-refractivity contribution in [2.75, 3.05) is 21.3 Å². The maximum atomic E-state index is 12.6. The van der Waals surface area contributed by atoms with E-state index in [1.54, 1.807) is 30.7 Å². The van der Waals surface area contributed by atoms with Gasteiger partial charge in [0.1, 0.15) is 0 Å². The van der Waals surface area contributed by atoms with Crippen LogP contribution in [0.4, 0.5) is 0 Å². The second-order valence-corrected chi connectivity index (χ2v) is 5.86. The second-order valence-electron chi connectivity index (χ2n) is 5.86. The third-order valence-electron chi connectivity index (χ3n) is 4.18. The molecule has 1 aromatic carbocycles. The number of carbonyl (C=O) groups excluding carboxylic acids is 1. The molecule has 0 saturated carbocycles. The largest absolute Gasteiger partial charge is 0.493 e. The van der Waals surface area contributed by atoms with E-state index in [0.29, 0.717) is 29.4 Å². The average Bonchev–Trinajstić information content (AvgIpc) is 2.77. The number of hydrogen-bond acceptors (Lipinski definition) is 6. The van der Waals surface area contributed by atoms with Gasteiger partial charge in [-0.15, -0.1) is 0 Å². The molecule has 28 heavy (non-hydrogen) atoms. The molecule has 0 unspecified atom stereocenters. The van der Waals surface area contributed by atoms with E-state index >= 15 is 0 Å². The average molecular weight is 379 g/mol. The van der Waals surface area contributed by atoms with E-state index < -0.39 is 0 Å². The van der Waals surface area contributed by atoms with E-state index in [0.717, 1.165) is 16.8 Å². The van der Waals surface area contributed by atoms with Gasteiger partial charge in [-0.2, -0.15) is 0 Å². The number of aromatic nitrogens is 2. The fourth-order valence-corrected chi connectivity index (χ4v) is 2.77.